The van der Waals surface area contributed by atoms with Gasteiger partial charge in [-0.05, 0) is 48.9 Å². The first-order valence-corrected chi connectivity index (χ1v) is 8.11. The number of hydrogen-bond acceptors (Lipinski definition) is 3. The Balaban J connectivity index is 1.69. The van der Waals surface area contributed by atoms with Crippen LogP contribution in [0.2, 0.25) is 0 Å². The third-order valence-corrected chi connectivity index (χ3v) is 4.27. The molecule has 1 aliphatic heterocycles. The Morgan fingerprint density at radius 3 is 2.60 bits per heavy atom. The zero-order valence-corrected chi connectivity index (χ0v) is 14.2. The summed E-state index contributed by atoms with van der Waals surface area (Å²) in [5.74, 6) is -0.798. The molecule has 130 valence electrons. The molecule has 2 amide bonds. The summed E-state index contributed by atoms with van der Waals surface area (Å²) in [5.41, 5.74) is 2.07. The van der Waals surface area contributed by atoms with Crippen LogP contribution in [0.3, 0.4) is 0 Å². The van der Waals surface area contributed by atoms with Gasteiger partial charge in [0.2, 0.25) is 5.91 Å². The maximum Gasteiger partial charge on any atom is 0.252 e. The molecule has 0 aromatic heterocycles. The van der Waals surface area contributed by atoms with Crippen LogP contribution in [0.25, 0.3) is 0 Å². The molecule has 6 heteroatoms. The van der Waals surface area contributed by atoms with Gasteiger partial charge < -0.3 is 15.1 Å². The molecule has 2 aromatic carbocycles. The first-order valence-electron chi connectivity index (χ1n) is 8.11. The van der Waals surface area contributed by atoms with Crippen LogP contribution in [0, 0.1) is 5.82 Å². The van der Waals surface area contributed by atoms with E-state index < -0.39 is 6.04 Å². The van der Waals surface area contributed by atoms with E-state index in [0.29, 0.717) is 24.2 Å². The first kappa shape index (κ1) is 17.0. The Kier molecular flexibility index (Phi) is 4.70. The standard InChI is InChI=1S/C19H20FN3O2/c1-22(2)16-5-3-4-13(12-16)18(24)21-17-10-11-23(19(17)25)15-8-6-14(20)7-9-15/h3-9,12,17H,10-11H2,1-2H3,(H,21,24)/t17-/m0/s1. The second-order valence-electron chi connectivity index (χ2n) is 6.23. The average molecular weight is 341 g/mol. The average Bonchev–Trinajstić information content (AvgIpc) is 2.96. The fourth-order valence-corrected chi connectivity index (χ4v) is 2.86. The Morgan fingerprint density at radius 1 is 1.20 bits per heavy atom. The number of nitrogens with one attached hydrogen (secondary N) is 1. The molecule has 0 aliphatic carbocycles. The van der Waals surface area contributed by atoms with Gasteiger partial charge in [0.1, 0.15) is 11.9 Å². The van der Waals surface area contributed by atoms with Crippen molar-refractivity contribution in [2.45, 2.75) is 12.5 Å². The maximum atomic E-state index is 13.0. The van der Waals surface area contributed by atoms with Crippen molar-refractivity contribution >= 4 is 23.2 Å². The molecule has 1 heterocycles. The summed E-state index contributed by atoms with van der Waals surface area (Å²) in [7, 11) is 3.80. The lowest BCUT2D eigenvalue weighted by atomic mass is 10.1. The fraction of sp³-hybridized carbons (Fsp3) is 0.263. The zero-order chi connectivity index (χ0) is 18.0. The Hall–Kier alpha value is -2.89. The van der Waals surface area contributed by atoms with Gasteiger partial charge in [-0.15, -0.1) is 0 Å². The van der Waals surface area contributed by atoms with E-state index in [1.54, 1.807) is 29.2 Å². The van der Waals surface area contributed by atoms with Gasteiger partial charge in [-0.1, -0.05) is 6.07 Å². The molecule has 0 saturated carbocycles. The maximum absolute atomic E-state index is 13.0. The molecule has 1 saturated heterocycles. The van der Waals surface area contributed by atoms with Gasteiger partial charge in [0.05, 0.1) is 0 Å². The molecule has 1 aliphatic rings. The highest BCUT2D eigenvalue weighted by Gasteiger charge is 2.33. The van der Waals surface area contributed by atoms with Crippen molar-refractivity contribution in [2.24, 2.45) is 0 Å². The fourth-order valence-electron chi connectivity index (χ4n) is 2.86. The molecule has 0 bridgehead atoms. The van der Waals surface area contributed by atoms with Crippen molar-refractivity contribution in [1.29, 1.82) is 0 Å². The van der Waals surface area contributed by atoms with E-state index in [9.17, 15) is 14.0 Å². The predicted molar refractivity (Wildman–Crippen MR) is 95.4 cm³/mol. The van der Waals surface area contributed by atoms with Crippen LogP contribution in [0.4, 0.5) is 15.8 Å². The van der Waals surface area contributed by atoms with Gasteiger partial charge in [-0.2, -0.15) is 0 Å². The minimum atomic E-state index is -0.569. The van der Waals surface area contributed by atoms with E-state index in [1.165, 1.54) is 12.1 Å². The van der Waals surface area contributed by atoms with Crippen LogP contribution in [-0.4, -0.2) is 38.5 Å². The highest BCUT2D eigenvalue weighted by Crippen LogP contribution is 2.22. The SMILES string of the molecule is CN(C)c1cccc(C(=O)N[C@H]2CCN(c3ccc(F)cc3)C2=O)c1. The van der Waals surface area contributed by atoms with Crippen molar-refractivity contribution < 1.29 is 14.0 Å². The lowest BCUT2D eigenvalue weighted by Crippen LogP contribution is -2.41. The predicted octanol–water partition coefficient (Wildman–Crippen LogP) is 2.43. The van der Waals surface area contributed by atoms with Gasteiger partial charge in [-0.25, -0.2) is 4.39 Å². The summed E-state index contributed by atoms with van der Waals surface area (Å²) >= 11 is 0. The topological polar surface area (TPSA) is 52.7 Å². The Bertz CT molecular complexity index is 790. The summed E-state index contributed by atoms with van der Waals surface area (Å²) < 4.78 is 13.0. The first-order chi connectivity index (χ1) is 12.0. The highest BCUT2D eigenvalue weighted by atomic mass is 19.1. The molecular weight excluding hydrogens is 321 g/mol. The van der Waals surface area contributed by atoms with Crippen LogP contribution in [0.15, 0.2) is 48.5 Å². The van der Waals surface area contributed by atoms with Crippen molar-refractivity contribution in [3.63, 3.8) is 0 Å². The third kappa shape index (κ3) is 3.63. The monoisotopic (exact) mass is 341 g/mol. The lowest BCUT2D eigenvalue weighted by molar-refractivity contribution is -0.118. The summed E-state index contributed by atoms with van der Waals surface area (Å²) in [4.78, 5) is 28.5. The largest absolute Gasteiger partial charge is 0.378 e. The number of benzene rings is 2. The molecule has 5 nitrogen and oxygen atoms in total. The summed E-state index contributed by atoms with van der Waals surface area (Å²) in [6.07, 6.45) is 0.523. The van der Waals surface area contributed by atoms with Gasteiger partial charge in [0.25, 0.3) is 5.91 Å². The number of rotatable bonds is 4. The van der Waals surface area contributed by atoms with E-state index in [0.717, 1.165) is 5.69 Å². The normalized spacial score (nSPS) is 16.8. The molecule has 1 fully saturated rings. The molecule has 0 radical (unpaired) electrons. The van der Waals surface area contributed by atoms with Crippen LogP contribution in [-0.2, 0) is 4.79 Å². The van der Waals surface area contributed by atoms with Crippen molar-refractivity contribution in [3.8, 4) is 0 Å². The molecule has 1 N–H and O–H groups in total. The number of carbonyl (C=O) groups is 2. The second-order valence-corrected chi connectivity index (χ2v) is 6.23. The molecule has 25 heavy (non-hydrogen) atoms. The lowest BCUT2D eigenvalue weighted by Gasteiger charge is -2.18. The molecule has 2 aromatic rings. The summed E-state index contributed by atoms with van der Waals surface area (Å²) in [6, 6.07) is 12.4. The van der Waals surface area contributed by atoms with Crippen molar-refractivity contribution in [2.75, 3.05) is 30.4 Å². The van der Waals surface area contributed by atoms with E-state index in [4.69, 9.17) is 0 Å². The molecule has 1 atom stereocenters. The summed E-state index contributed by atoms with van der Waals surface area (Å²) in [5, 5.41) is 2.80. The summed E-state index contributed by atoms with van der Waals surface area (Å²) in [6.45, 7) is 0.493. The van der Waals surface area contributed by atoms with Crippen LogP contribution < -0.4 is 15.1 Å². The van der Waals surface area contributed by atoms with Crippen LogP contribution >= 0.6 is 0 Å². The highest BCUT2D eigenvalue weighted by molar-refractivity contribution is 6.04. The van der Waals surface area contributed by atoms with Crippen molar-refractivity contribution in [3.05, 3.63) is 59.9 Å². The Labute approximate surface area is 146 Å². The van der Waals surface area contributed by atoms with Crippen LogP contribution in [0.5, 0.6) is 0 Å². The number of anilines is 2. The molecule has 3 rings (SSSR count). The molecule has 0 unspecified atom stereocenters. The number of halogens is 1. The zero-order valence-electron chi connectivity index (χ0n) is 14.2. The van der Waals surface area contributed by atoms with E-state index in [2.05, 4.69) is 5.32 Å². The van der Waals surface area contributed by atoms with E-state index in [1.807, 2.05) is 31.1 Å². The number of hydrogen-bond donors (Lipinski definition) is 1. The number of carbonyl (C=O) groups excluding carboxylic acids is 2. The second kappa shape index (κ2) is 6.93. The van der Waals surface area contributed by atoms with Gasteiger partial charge >= 0.3 is 0 Å². The molecular formula is C19H20FN3O2. The van der Waals surface area contributed by atoms with Crippen LogP contribution in [0.1, 0.15) is 16.8 Å². The quantitative estimate of drug-likeness (QED) is 0.929. The minimum Gasteiger partial charge on any atom is -0.378 e. The Morgan fingerprint density at radius 2 is 1.92 bits per heavy atom. The number of nitrogens with zero attached hydrogens (tertiary/aromatic N) is 2. The van der Waals surface area contributed by atoms with Crippen molar-refractivity contribution in [1.82, 2.24) is 5.32 Å². The van der Waals surface area contributed by atoms with Gasteiger partial charge in [-0.3, -0.25) is 9.59 Å². The minimum absolute atomic E-state index is 0.177. The molecule has 0 spiro atoms. The van der Waals surface area contributed by atoms with Gasteiger partial charge in [0.15, 0.2) is 0 Å². The van der Waals surface area contributed by atoms with Gasteiger partial charge in [0, 0.05) is 37.6 Å². The van der Waals surface area contributed by atoms with E-state index in [-0.39, 0.29) is 17.6 Å². The number of amides is 2. The van der Waals surface area contributed by atoms with E-state index >= 15 is 0 Å². The smallest absolute Gasteiger partial charge is 0.252 e. The third-order valence-electron chi connectivity index (χ3n) is 4.27.